The molecule has 2 aliphatic heterocycles. The highest BCUT2D eigenvalue weighted by Crippen LogP contribution is 2.52. The first-order chi connectivity index (χ1) is 50.5. The van der Waals surface area contributed by atoms with Gasteiger partial charge in [0.1, 0.15) is 23.0 Å². The Morgan fingerprint density at radius 2 is 0.558 bits per heavy atom. The third-order valence-electron chi connectivity index (χ3n) is 19.3. The molecule has 0 saturated heterocycles. The number of esters is 4. The van der Waals surface area contributed by atoms with Crippen LogP contribution in [-0.2, 0) is 57.3 Å². The van der Waals surface area contributed by atoms with Crippen LogP contribution in [0.4, 0.5) is 22.7 Å². The topological polar surface area (TPSA) is 316 Å². The van der Waals surface area contributed by atoms with E-state index in [1.54, 1.807) is 72.8 Å². The molecule has 3 aromatic heterocycles. The van der Waals surface area contributed by atoms with Crippen LogP contribution in [0.15, 0.2) is 97.1 Å². The van der Waals surface area contributed by atoms with Crippen molar-refractivity contribution in [3.05, 3.63) is 120 Å². The summed E-state index contributed by atoms with van der Waals surface area (Å²) in [4.78, 5) is 130. The minimum Gasteiger partial charge on any atom is -0.496 e. The number of carbonyl (C=O) groups excluding carboxylic acids is 8. The normalized spacial score (nSPS) is 19.2. The molecule has 104 heavy (non-hydrogen) atoms. The van der Waals surface area contributed by atoms with E-state index in [2.05, 4.69) is 31.2 Å². The Labute approximate surface area is 600 Å². The van der Waals surface area contributed by atoms with Gasteiger partial charge in [-0.1, -0.05) is 52.0 Å². The lowest BCUT2D eigenvalue weighted by atomic mass is 9.98. The van der Waals surface area contributed by atoms with Crippen molar-refractivity contribution in [1.29, 1.82) is 0 Å². The summed E-state index contributed by atoms with van der Waals surface area (Å²) in [5.74, 6) is -7.71. The molecule has 24 nitrogen and oxygen atoms in total. The fourth-order valence-corrected chi connectivity index (χ4v) is 13.6. The highest BCUT2D eigenvalue weighted by atomic mass is 16.5. The van der Waals surface area contributed by atoms with Crippen LogP contribution in [0, 0.1) is 47.3 Å². The number of carbonyl (C=O) groups is 8. The molecule has 6 N–H and O–H groups in total. The first kappa shape index (κ1) is 70.9. The van der Waals surface area contributed by atoms with Crippen molar-refractivity contribution in [2.45, 2.75) is 79.1 Å². The van der Waals surface area contributed by atoms with Crippen molar-refractivity contribution in [3.8, 4) is 67.5 Å². The largest absolute Gasteiger partial charge is 0.496 e. The molecular weight excluding hydrogens is 1330 g/mol. The summed E-state index contributed by atoms with van der Waals surface area (Å²) < 4.78 is 46.7. The van der Waals surface area contributed by atoms with Gasteiger partial charge in [0.2, 0.25) is 23.6 Å². The fourth-order valence-electron chi connectivity index (χ4n) is 13.6. The second-order valence-electron chi connectivity index (χ2n) is 26.5. The third kappa shape index (κ3) is 14.4. The molecule has 13 rings (SSSR count). The molecule has 8 bridgehead atoms. The minimum absolute atomic E-state index is 0.209. The zero-order valence-corrected chi connectivity index (χ0v) is 59.1. The summed E-state index contributed by atoms with van der Waals surface area (Å²) >= 11 is 0. The van der Waals surface area contributed by atoms with Crippen LogP contribution in [0.3, 0.4) is 0 Å². The molecule has 6 unspecified atom stereocenters. The maximum absolute atomic E-state index is 14.7. The van der Waals surface area contributed by atoms with Crippen LogP contribution < -0.4 is 40.2 Å². The second kappa shape index (κ2) is 30.6. The third-order valence-corrected chi connectivity index (χ3v) is 19.3. The molecule has 4 saturated carbocycles. The van der Waals surface area contributed by atoms with E-state index in [-0.39, 0.29) is 74.9 Å². The Morgan fingerprint density at radius 1 is 0.327 bits per heavy atom. The van der Waals surface area contributed by atoms with Gasteiger partial charge in [-0.2, -0.15) is 0 Å². The number of anilines is 4. The van der Waals surface area contributed by atoms with Gasteiger partial charge in [0.25, 0.3) is 0 Å². The van der Waals surface area contributed by atoms with Gasteiger partial charge in [0, 0.05) is 55.4 Å². The van der Waals surface area contributed by atoms with Gasteiger partial charge >= 0.3 is 23.9 Å². The molecule has 8 atom stereocenters. The number of aromatic amines is 2. The first-order valence-corrected chi connectivity index (χ1v) is 35.3. The maximum Gasteiger partial charge on any atom is 0.309 e. The number of benzene rings is 4. The number of hydrogen-bond donors (Lipinski definition) is 6. The Bertz CT molecular complexity index is 4380. The summed E-state index contributed by atoms with van der Waals surface area (Å²) in [6, 6.07) is 28.3. The van der Waals surface area contributed by atoms with Gasteiger partial charge in [-0.25, -0.2) is 9.97 Å². The predicted octanol–water partition coefficient (Wildman–Crippen LogP) is 13.5. The van der Waals surface area contributed by atoms with Crippen LogP contribution in [0.25, 0.3) is 90.9 Å². The van der Waals surface area contributed by atoms with E-state index in [1.807, 2.05) is 76.3 Å². The summed E-state index contributed by atoms with van der Waals surface area (Å²) in [7, 11) is 6.16. The van der Waals surface area contributed by atoms with Gasteiger partial charge < -0.3 is 69.1 Å². The minimum atomic E-state index is -0.727. The number of amides is 4. The van der Waals surface area contributed by atoms with E-state index < -0.39 is 94.8 Å². The number of nitrogens with one attached hydrogen (secondary N) is 6. The lowest BCUT2D eigenvalue weighted by molar-refractivity contribution is -0.146. The number of nitrogens with zero attached hydrogens (tertiary/aromatic N) is 2. The second-order valence-corrected chi connectivity index (χ2v) is 26.5. The number of fused-ring (bicyclic) bond motifs is 8. The monoisotopic (exact) mass is 1410 g/mol. The number of aromatic nitrogens is 4. The van der Waals surface area contributed by atoms with E-state index in [0.29, 0.717) is 138 Å². The predicted molar refractivity (Wildman–Crippen MR) is 393 cm³/mol. The molecular formula is C80H82N8O16. The highest BCUT2D eigenvalue weighted by molar-refractivity contribution is 6.13. The highest BCUT2D eigenvalue weighted by Gasteiger charge is 2.52. The van der Waals surface area contributed by atoms with Crippen LogP contribution >= 0.6 is 0 Å². The van der Waals surface area contributed by atoms with Gasteiger partial charge in [-0.05, 0) is 148 Å². The molecule has 4 fully saturated rings. The SMILES string of the molecule is CCCOC(=O)C1CC1C(=O)Nc1cccc(NC(=O)[C@H]2CC2C(=O)OCCC)c1-c1c2nc(c(-c3c(OC)cccc3OC)c3ccc([nH]3)c(-c3c(NC(=O)C4CC4C(=O)OCCC)cccc3NC(=O)[C@H]3CC3C(=O)OCCC)c3nc(c(-c4c(OC)cccc4OC)c4ccc1[nH]4)C=C3)C=C2. The van der Waals surface area contributed by atoms with Gasteiger partial charge in [-0.15, -0.1) is 0 Å². The number of ether oxygens (including phenoxy) is 8. The van der Waals surface area contributed by atoms with Crippen molar-refractivity contribution in [2.75, 3.05) is 76.1 Å². The molecule has 4 aromatic carbocycles. The average molecular weight is 1410 g/mol. The average Bonchev–Trinajstić information content (AvgIpc) is 1.56. The summed E-state index contributed by atoms with van der Waals surface area (Å²) in [5, 5.41) is 12.6. The van der Waals surface area contributed by atoms with Gasteiger partial charge in [-0.3, -0.25) is 38.4 Å². The molecule has 538 valence electrons. The molecule has 24 heteroatoms. The number of rotatable bonds is 28. The van der Waals surface area contributed by atoms with E-state index in [9.17, 15) is 38.4 Å². The molecule has 4 amide bonds. The Balaban J connectivity index is 1.11. The smallest absolute Gasteiger partial charge is 0.309 e. The Hall–Kier alpha value is -11.6. The summed E-state index contributed by atoms with van der Waals surface area (Å²) in [5.41, 5.74) is 7.35. The number of methoxy groups -OCH3 is 4. The Kier molecular flexibility index (Phi) is 20.8. The van der Waals surface area contributed by atoms with E-state index >= 15 is 0 Å². The van der Waals surface area contributed by atoms with Crippen LogP contribution in [0.1, 0.15) is 102 Å². The van der Waals surface area contributed by atoms with E-state index in [4.69, 9.17) is 47.9 Å². The maximum atomic E-state index is 14.7. The zero-order chi connectivity index (χ0) is 73.0. The van der Waals surface area contributed by atoms with Crippen LogP contribution in [0.2, 0.25) is 0 Å². The van der Waals surface area contributed by atoms with E-state index in [0.717, 1.165) is 0 Å². The lowest BCUT2D eigenvalue weighted by Gasteiger charge is -2.18. The Morgan fingerprint density at radius 3 is 0.788 bits per heavy atom. The standard InChI is InChI=1S/C80H82N8O16/c1-9-33-101-77(93)45-37-41(45)73(89)85-49-17-13-18-50(86-74(90)42-38-46(42)78(94)102-34-10-2)65(49)67-53-25-29-57(81-53)69(71-61(97-5)21-15-22-62(71)98-6)59-31-27-55(83-59)68(56-28-32-60(84-56)70(58-30-26-54(67)82-58)72-63(99-7)23-16-24-64(72)100-8)66-51(87-75(91)43-39-47(43)79(95)103-35-11-3)19-14-20-52(66)88-76(92)44-40-48(44)80(96)104-36-12-4/h13-32,41-48,81,84H,9-12,33-40H2,1-8H3,(H,85,89)(H,86,90)(H,87,91)(H,88,92)/t41-,42?,43-,44?,45?,46?,47?,48?/m0/s1. The summed E-state index contributed by atoms with van der Waals surface area (Å²) in [6.07, 6.45) is 10.7. The summed E-state index contributed by atoms with van der Waals surface area (Å²) in [6.45, 7) is 8.39. The van der Waals surface area contributed by atoms with Crippen molar-refractivity contribution >= 4 is 117 Å². The zero-order valence-electron chi connectivity index (χ0n) is 59.1. The molecule has 4 aliphatic carbocycles. The molecule has 6 aliphatic rings. The molecule has 0 spiro atoms. The van der Waals surface area contributed by atoms with E-state index in [1.165, 1.54) is 28.4 Å². The fraction of sp³-hybridized carbons (Fsp3) is 0.350. The molecule has 0 radical (unpaired) electrons. The van der Waals surface area contributed by atoms with Crippen molar-refractivity contribution in [3.63, 3.8) is 0 Å². The van der Waals surface area contributed by atoms with Crippen LogP contribution in [0.5, 0.6) is 23.0 Å². The quantitative estimate of drug-likeness (QED) is 0.0196. The van der Waals surface area contributed by atoms with Crippen LogP contribution in [-0.4, -0.2) is 122 Å². The van der Waals surface area contributed by atoms with Crippen molar-refractivity contribution in [1.82, 2.24) is 19.9 Å². The van der Waals surface area contributed by atoms with Gasteiger partial charge in [0.15, 0.2) is 0 Å². The molecule has 7 aromatic rings. The van der Waals surface area contributed by atoms with Gasteiger partial charge in [0.05, 0.1) is 159 Å². The molecule has 5 heterocycles. The number of hydrogen-bond acceptors (Lipinski definition) is 18. The van der Waals surface area contributed by atoms with Crippen molar-refractivity contribution < 1.29 is 76.3 Å². The number of H-pyrrole nitrogens is 2. The first-order valence-electron chi connectivity index (χ1n) is 35.3. The lowest BCUT2D eigenvalue weighted by Crippen LogP contribution is -2.20. The van der Waals surface area contributed by atoms with Crippen molar-refractivity contribution in [2.24, 2.45) is 47.3 Å².